The largest absolute Gasteiger partial charge is 0.349 e. The number of carbonyl (C=O) groups excluding carboxylic acids is 2. The molecule has 1 aromatic heterocycles. The molecule has 27 heavy (non-hydrogen) atoms. The maximum Gasteiger partial charge on any atom is 0.287 e. The van der Waals surface area contributed by atoms with Crippen molar-refractivity contribution in [2.45, 2.75) is 59.4 Å². The van der Waals surface area contributed by atoms with Gasteiger partial charge >= 0.3 is 0 Å². The summed E-state index contributed by atoms with van der Waals surface area (Å²) in [6.45, 7) is 7.40. The first-order valence-electron chi connectivity index (χ1n) is 9.84. The zero-order valence-electron chi connectivity index (χ0n) is 16.4. The molecule has 0 fully saturated rings. The van der Waals surface area contributed by atoms with E-state index < -0.39 is 0 Å². The van der Waals surface area contributed by atoms with Gasteiger partial charge in [0, 0.05) is 18.8 Å². The first-order chi connectivity index (χ1) is 13.1. The van der Waals surface area contributed by atoms with Gasteiger partial charge in [-0.15, -0.1) is 0 Å². The molecule has 1 aliphatic rings. The number of nitrogens with zero attached hydrogens (tertiary/aromatic N) is 2. The third-order valence-electron chi connectivity index (χ3n) is 5.05. The first-order valence-corrected chi connectivity index (χ1v) is 9.84. The fourth-order valence-corrected chi connectivity index (χ4v) is 3.59. The van der Waals surface area contributed by atoms with Crippen LogP contribution in [0, 0.1) is 6.92 Å². The van der Waals surface area contributed by atoms with Crippen LogP contribution in [0.3, 0.4) is 0 Å². The quantitative estimate of drug-likeness (QED) is 0.819. The number of aromatic nitrogens is 2. The van der Waals surface area contributed by atoms with Gasteiger partial charge < -0.3 is 15.2 Å². The highest BCUT2D eigenvalue weighted by Gasteiger charge is 2.27. The van der Waals surface area contributed by atoms with E-state index in [2.05, 4.69) is 22.5 Å². The SMILES string of the molecule is CCCNC(=O)c1nc(C(=O)Nc2c(C)cccc2CC)c2n1CCCC2. The molecule has 0 unspecified atom stereocenters. The molecule has 6 nitrogen and oxygen atoms in total. The number of hydrogen-bond donors (Lipinski definition) is 2. The lowest BCUT2D eigenvalue weighted by Crippen LogP contribution is -2.28. The summed E-state index contributed by atoms with van der Waals surface area (Å²) in [5.41, 5.74) is 4.21. The summed E-state index contributed by atoms with van der Waals surface area (Å²) in [7, 11) is 0. The van der Waals surface area contributed by atoms with Gasteiger partial charge in [0.1, 0.15) is 0 Å². The maximum absolute atomic E-state index is 13.0. The van der Waals surface area contributed by atoms with Gasteiger partial charge in [-0.2, -0.15) is 0 Å². The first kappa shape index (κ1) is 19.1. The van der Waals surface area contributed by atoms with Gasteiger partial charge in [-0.3, -0.25) is 9.59 Å². The number of carbonyl (C=O) groups is 2. The summed E-state index contributed by atoms with van der Waals surface area (Å²) < 4.78 is 1.92. The van der Waals surface area contributed by atoms with Gasteiger partial charge in [-0.05, 0) is 50.2 Å². The molecule has 2 N–H and O–H groups in total. The number of aryl methyl sites for hydroxylation is 2. The summed E-state index contributed by atoms with van der Waals surface area (Å²) in [5.74, 6) is -0.0906. The molecule has 0 spiro atoms. The summed E-state index contributed by atoms with van der Waals surface area (Å²) in [6, 6.07) is 6.01. The minimum Gasteiger partial charge on any atom is -0.349 e. The van der Waals surface area contributed by atoms with Crippen molar-refractivity contribution in [1.29, 1.82) is 0 Å². The zero-order valence-corrected chi connectivity index (χ0v) is 16.4. The molecule has 6 heteroatoms. The molecule has 144 valence electrons. The van der Waals surface area contributed by atoms with Crippen molar-refractivity contribution in [3.8, 4) is 0 Å². The van der Waals surface area contributed by atoms with E-state index >= 15 is 0 Å². The predicted molar refractivity (Wildman–Crippen MR) is 106 cm³/mol. The molecule has 2 aromatic rings. The number of imidazole rings is 1. The fourth-order valence-electron chi connectivity index (χ4n) is 3.59. The fraction of sp³-hybridized carbons (Fsp3) is 0.476. The number of rotatable bonds is 6. The molecule has 0 aliphatic carbocycles. The van der Waals surface area contributed by atoms with E-state index in [1.807, 2.05) is 36.6 Å². The van der Waals surface area contributed by atoms with Gasteiger partial charge in [0.2, 0.25) is 0 Å². The minimum absolute atomic E-state index is 0.204. The Morgan fingerprint density at radius 1 is 1.19 bits per heavy atom. The average Bonchev–Trinajstić information content (AvgIpc) is 3.07. The lowest BCUT2D eigenvalue weighted by Gasteiger charge is -2.17. The van der Waals surface area contributed by atoms with E-state index in [4.69, 9.17) is 0 Å². The van der Waals surface area contributed by atoms with Crippen LogP contribution in [0.15, 0.2) is 18.2 Å². The van der Waals surface area contributed by atoms with Crippen LogP contribution in [0.2, 0.25) is 0 Å². The predicted octanol–water partition coefficient (Wildman–Crippen LogP) is 3.48. The van der Waals surface area contributed by atoms with Gasteiger partial charge in [0.05, 0.1) is 5.69 Å². The highest BCUT2D eigenvalue weighted by atomic mass is 16.2. The van der Waals surface area contributed by atoms with Gasteiger partial charge in [-0.25, -0.2) is 4.98 Å². The Labute approximate surface area is 160 Å². The monoisotopic (exact) mass is 368 g/mol. The van der Waals surface area contributed by atoms with E-state index in [-0.39, 0.29) is 11.8 Å². The maximum atomic E-state index is 13.0. The second kappa shape index (κ2) is 8.37. The highest BCUT2D eigenvalue weighted by Crippen LogP contribution is 2.25. The third-order valence-corrected chi connectivity index (χ3v) is 5.05. The van der Waals surface area contributed by atoms with Crippen LogP contribution in [-0.2, 0) is 19.4 Å². The van der Waals surface area contributed by atoms with E-state index in [0.29, 0.717) is 18.1 Å². The average molecular weight is 368 g/mol. The smallest absolute Gasteiger partial charge is 0.287 e. The number of para-hydroxylation sites is 1. The minimum atomic E-state index is -0.237. The van der Waals surface area contributed by atoms with Crippen LogP contribution in [0.4, 0.5) is 5.69 Å². The molecular weight excluding hydrogens is 340 g/mol. The molecule has 2 heterocycles. The molecule has 0 atom stereocenters. The lowest BCUT2D eigenvalue weighted by atomic mass is 10.0. The normalized spacial score (nSPS) is 13.1. The third kappa shape index (κ3) is 3.89. The molecule has 0 saturated carbocycles. The number of amides is 2. The van der Waals surface area contributed by atoms with Crippen molar-refractivity contribution >= 4 is 17.5 Å². The second-order valence-electron chi connectivity index (χ2n) is 7.01. The van der Waals surface area contributed by atoms with E-state index in [1.54, 1.807) is 0 Å². The molecule has 2 amide bonds. The molecular formula is C21H28N4O2. The summed E-state index contributed by atoms with van der Waals surface area (Å²) in [4.78, 5) is 30.0. The Morgan fingerprint density at radius 3 is 2.74 bits per heavy atom. The van der Waals surface area contributed by atoms with E-state index in [0.717, 1.165) is 61.2 Å². The van der Waals surface area contributed by atoms with Gasteiger partial charge in [-0.1, -0.05) is 32.0 Å². The van der Waals surface area contributed by atoms with E-state index in [1.165, 1.54) is 0 Å². The van der Waals surface area contributed by atoms with Gasteiger partial charge in [0.25, 0.3) is 11.8 Å². The molecule has 1 aliphatic heterocycles. The van der Waals surface area contributed by atoms with Crippen molar-refractivity contribution in [2.75, 3.05) is 11.9 Å². The van der Waals surface area contributed by atoms with Crippen LogP contribution in [0.5, 0.6) is 0 Å². The molecule has 0 saturated heterocycles. The number of fused-ring (bicyclic) bond motifs is 1. The summed E-state index contributed by atoms with van der Waals surface area (Å²) >= 11 is 0. The highest BCUT2D eigenvalue weighted by molar-refractivity contribution is 6.05. The Kier molecular flexibility index (Phi) is 5.94. The summed E-state index contributed by atoms with van der Waals surface area (Å²) in [5, 5.41) is 5.92. The van der Waals surface area contributed by atoms with Gasteiger partial charge in [0.15, 0.2) is 11.5 Å². The Bertz CT molecular complexity index is 854. The Morgan fingerprint density at radius 2 is 2.00 bits per heavy atom. The van der Waals surface area contributed by atoms with Crippen LogP contribution in [0.25, 0.3) is 0 Å². The van der Waals surface area contributed by atoms with Crippen molar-refractivity contribution in [2.24, 2.45) is 0 Å². The standard InChI is InChI=1S/C21H28N4O2/c1-4-12-22-21(27)19-23-18(16-11-6-7-13-25(16)19)20(26)24-17-14(3)9-8-10-15(17)5-2/h8-10H,4-7,11-13H2,1-3H3,(H,22,27)(H,24,26). The Hall–Kier alpha value is -2.63. The van der Waals surface area contributed by atoms with Crippen molar-refractivity contribution in [3.63, 3.8) is 0 Å². The van der Waals surface area contributed by atoms with Crippen LogP contribution < -0.4 is 10.6 Å². The number of nitrogens with one attached hydrogen (secondary N) is 2. The van der Waals surface area contributed by atoms with E-state index in [9.17, 15) is 9.59 Å². The van der Waals surface area contributed by atoms with Crippen LogP contribution in [0.1, 0.15) is 71.0 Å². The van der Waals surface area contributed by atoms with Crippen LogP contribution >= 0.6 is 0 Å². The number of hydrogen-bond acceptors (Lipinski definition) is 3. The topological polar surface area (TPSA) is 76.0 Å². The molecule has 1 aromatic carbocycles. The Balaban J connectivity index is 1.93. The van der Waals surface area contributed by atoms with Crippen molar-refractivity contribution in [3.05, 3.63) is 46.5 Å². The lowest BCUT2D eigenvalue weighted by molar-refractivity contribution is 0.0937. The molecule has 0 bridgehead atoms. The second-order valence-corrected chi connectivity index (χ2v) is 7.01. The summed E-state index contributed by atoms with van der Waals surface area (Å²) in [6.07, 6.45) is 4.47. The molecule has 3 rings (SSSR count). The van der Waals surface area contributed by atoms with Crippen molar-refractivity contribution < 1.29 is 9.59 Å². The number of anilines is 1. The number of benzene rings is 1. The zero-order chi connectivity index (χ0) is 19.4. The van der Waals surface area contributed by atoms with Crippen LogP contribution in [-0.4, -0.2) is 27.9 Å². The van der Waals surface area contributed by atoms with Crippen molar-refractivity contribution in [1.82, 2.24) is 14.9 Å². The molecule has 0 radical (unpaired) electrons.